The second kappa shape index (κ2) is 9.43. The normalized spacial score (nSPS) is 17.8. The van der Waals surface area contributed by atoms with Crippen LogP contribution in [-0.4, -0.2) is 56.5 Å². The van der Waals surface area contributed by atoms with E-state index in [-0.39, 0.29) is 17.7 Å². The molecule has 3 aromatic rings. The van der Waals surface area contributed by atoms with Gasteiger partial charge in [0.25, 0.3) is 0 Å². The number of fused-ring (bicyclic) bond motifs is 1. The van der Waals surface area contributed by atoms with E-state index in [4.69, 9.17) is 9.47 Å². The number of hydrogen-bond acceptors (Lipinski definition) is 7. The molecule has 2 aliphatic heterocycles. The fourth-order valence-corrected chi connectivity index (χ4v) is 5.16. The molecule has 172 valence electrons. The molecule has 1 saturated heterocycles. The maximum absolute atomic E-state index is 13.2. The second-order valence-corrected chi connectivity index (χ2v) is 9.33. The highest BCUT2D eigenvalue weighted by Gasteiger charge is 2.31. The maximum atomic E-state index is 13.2. The van der Waals surface area contributed by atoms with Crippen LogP contribution in [0.25, 0.3) is 5.69 Å². The molecule has 9 heteroatoms. The van der Waals surface area contributed by atoms with Crippen molar-refractivity contribution in [3.63, 3.8) is 0 Å². The summed E-state index contributed by atoms with van der Waals surface area (Å²) in [7, 11) is 0. The number of carbonyl (C=O) groups is 1. The Balaban J connectivity index is 1.30. The zero-order valence-corrected chi connectivity index (χ0v) is 19.7. The summed E-state index contributed by atoms with van der Waals surface area (Å²) in [6.45, 7) is 6.18. The first-order valence-corrected chi connectivity index (χ1v) is 12.3. The summed E-state index contributed by atoms with van der Waals surface area (Å²) in [6, 6.07) is 12.1. The first kappa shape index (κ1) is 21.8. The third kappa shape index (κ3) is 4.42. The zero-order chi connectivity index (χ0) is 22.8. The monoisotopic (exact) mass is 465 g/mol. The van der Waals surface area contributed by atoms with E-state index in [2.05, 4.69) is 41.5 Å². The van der Waals surface area contributed by atoms with E-state index < -0.39 is 0 Å². The van der Waals surface area contributed by atoms with Gasteiger partial charge in [-0.15, -0.1) is 5.10 Å². The van der Waals surface area contributed by atoms with Crippen molar-refractivity contribution in [3.8, 4) is 17.2 Å². The summed E-state index contributed by atoms with van der Waals surface area (Å²) in [6.07, 6.45) is 2.79. The summed E-state index contributed by atoms with van der Waals surface area (Å²) >= 11 is 1.37. The van der Waals surface area contributed by atoms with Crippen LogP contribution < -0.4 is 9.47 Å². The molecule has 5 rings (SSSR count). The molecule has 0 unspecified atom stereocenters. The Morgan fingerprint density at radius 2 is 1.97 bits per heavy atom. The Morgan fingerprint density at radius 1 is 1.12 bits per heavy atom. The molecular weight excluding hydrogens is 438 g/mol. The molecule has 8 nitrogen and oxygen atoms in total. The number of nitrogens with zero attached hydrogens (tertiary/aromatic N) is 5. The van der Waals surface area contributed by atoms with E-state index in [1.165, 1.54) is 17.3 Å². The molecular formula is C24H27N5O3S. The fraction of sp³-hybridized carbons (Fsp3) is 0.417. The smallest absolute Gasteiger partial charge is 0.233 e. The predicted octanol–water partition coefficient (Wildman–Crippen LogP) is 3.90. The van der Waals surface area contributed by atoms with Crippen molar-refractivity contribution in [1.82, 2.24) is 25.1 Å². The number of benzene rings is 2. The number of hydrogen-bond donors (Lipinski definition) is 0. The number of carbonyl (C=O) groups excluding carboxylic acids is 1. The average Bonchev–Trinajstić information content (AvgIpc) is 3.44. The summed E-state index contributed by atoms with van der Waals surface area (Å²) < 4.78 is 13.3. The van der Waals surface area contributed by atoms with Crippen molar-refractivity contribution in [3.05, 3.63) is 53.1 Å². The molecule has 1 aromatic heterocycles. The molecule has 1 fully saturated rings. The summed E-state index contributed by atoms with van der Waals surface area (Å²) in [5, 5.41) is 12.8. The van der Waals surface area contributed by atoms with Gasteiger partial charge < -0.3 is 14.4 Å². The van der Waals surface area contributed by atoms with Crippen LogP contribution in [0, 0.1) is 13.8 Å². The van der Waals surface area contributed by atoms with Crippen LogP contribution in [-0.2, 0) is 4.79 Å². The molecule has 2 aromatic carbocycles. The Hall–Kier alpha value is -3.07. The van der Waals surface area contributed by atoms with Crippen molar-refractivity contribution in [2.24, 2.45) is 0 Å². The maximum Gasteiger partial charge on any atom is 0.233 e. The SMILES string of the molecule is Cc1cccc(-n2nnnc2SCC(=O)N2CCC[C@H]2c2ccc3c(c2)OCCCO3)c1C. The van der Waals surface area contributed by atoms with Gasteiger partial charge in [-0.1, -0.05) is 30.0 Å². The third-order valence-electron chi connectivity index (χ3n) is 6.30. The van der Waals surface area contributed by atoms with Gasteiger partial charge in [-0.2, -0.15) is 4.68 Å². The number of rotatable bonds is 5. The molecule has 33 heavy (non-hydrogen) atoms. The van der Waals surface area contributed by atoms with Crippen molar-refractivity contribution < 1.29 is 14.3 Å². The number of aromatic nitrogens is 4. The molecule has 1 amide bonds. The van der Waals surface area contributed by atoms with Crippen molar-refractivity contribution >= 4 is 17.7 Å². The standard InChI is InChI=1S/C24H27N5O3S/c1-16-6-3-7-19(17(16)2)29-24(25-26-27-29)33-15-23(30)28-11-4-8-20(28)18-9-10-21-22(14-18)32-13-5-12-31-21/h3,6-7,9-10,14,20H,4-5,8,11-13,15H2,1-2H3/t20-/m0/s1. The van der Waals surface area contributed by atoms with Gasteiger partial charge in [0.15, 0.2) is 11.5 Å². The number of amides is 1. The zero-order valence-electron chi connectivity index (χ0n) is 18.9. The van der Waals surface area contributed by atoms with Crippen molar-refractivity contribution in [1.29, 1.82) is 0 Å². The lowest BCUT2D eigenvalue weighted by atomic mass is 10.0. The van der Waals surface area contributed by atoms with Gasteiger partial charge >= 0.3 is 0 Å². The molecule has 3 heterocycles. The molecule has 0 bridgehead atoms. The largest absolute Gasteiger partial charge is 0.490 e. The van der Waals surface area contributed by atoms with Gasteiger partial charge in [-0.3, -0.25) is 4.79 Å². The molecule has 0 radical (unpaired) electrons. The molecule has 0 spiro atoms. The van der Waals surface area contributed by atoms with Gasteiger partial charge in [0.05, 0.1) is 30.7 Å². The van der Waals surface area contributed by atoms with Crippen LogP contribution >= 0.6 is 11.8 Å². The summed E-state index contributed by atoms with van der Waals surface area (Å²) in [4.78, 5) is 15.2. The van der Waals surface area contributed by atoms with Gasteiger partial charge in [0, 0.05) is 13.0 Å². The lowest BCUT2D eigenvalue weighted by Gasteiger charge is -2.25. The van der Waals surface area contributed by atoms with Crippen LogP contribution in [0.1, 0.15) is 42.0 Å². The lowest BCUT2D eigenvalue weighted by Crippen LogP contribution is -2.32. The van der Waals surface area contributed by atoms with Crippen LogP contribution in [0.2, 0.25) is 0 Å². The minimum Gasteiger partial charge on any atom is -0.490 e. The quantitative estimate of drug-likeness (QED) is 0.529. The van der Waals surface area contributed by atoms with Crippen LogP contribution in [0.15, 0.2) is 41.6 Å². The van der Waals surface area contributed by atoms with E-state index in [1.54, 1.807) is 4.68 Å². The van der Waals surface area contributed by atoms with Gasteiger partial charge in [0.1, 0.15) is 0 Å². The molecule has 1 atom stereocenters. The van der Waals surface area contributed by atoms with Crippen molar-refractivity contribution in [2.75, 3.05) is 25.5 Å². The number of ether oxygens (including phenoxy) is 2. The second-order valence-electron chi connectivity index (χ2n) is 8.38. The summed E-state index contributed by atoms with van der Waals surface area (Å²) in [5.41, 5.74) is 4.31. The fourth-order valence-electron chi connectivity index (χ4n) is 4.39. The topological polar surface area (TPSA) is 82.4 Å². The van der Waals surface area contributed by atoms with Gasteiger partial charge in [-0.25, -0.2) is 0 Å². The van der Waals surface area contributed by atoms with E-state index in [0.29, 0.717) is 18.4 Å². The number of likely N-dealkylation sites (tertiary alicyclic amines) is 1. The number of aryl methyl sites for hydroxylation is 1. The highest BCUT2D eigenvalue weighted by Crippen LogP contribution is 2.38. The van der Waals surface area contributed by atoms with E-state index in [0.717, 1.165) is 54.1 Å². The number of thioether (sulfide) groups is 1. The minimum absolute atomic E-state index is 0.0465. The highest BCUT2D eigenvalue weighted by atomic mass is 32.2. The Bertz CT molecular complexity index is 1160. The molecule has 0 saturated carbocycles. The summed E-state index contributed by atoms with van der Waals surface area (Å²) in [5.74, 6) is 1.92. The molecule has 0 N–H and O–H groups in total. The first-order chi connectivity index (χ1) is 16.1. The Labute approximate surface area is 197 Å². The third-order valence-corrected chi connectivity index (χ3v) is 7.20. The van der Waals surface area contributed by atoms with Crippen LogP contribution in [0.5, 0.6) is 11.5 Å². The lowest BCUT2D eigenvalue weighted by molar-refractivity contribution is -0.129. The highest BCUT2D eigenvalue weighted by molar-refractivity contribution is 7.99. The van der Waals surface area contributed by atoms with Crippen LogP contribution in [0.3, 0.4) is 0 Å². The average molecular weight is 466 g/mol. The Morgan fingerprint density at radius 3 is 2.85 bits per heavy atom. The van der Waals surface area contributed by atoms with Crippen molar-refractivity contribution in [2.45, 2.75) is 44.3 Å². The minimum atomic E-state index is 0.0465. The van der Waals surface area contributed by atoms with Gasteiger partial charge in [-0.05, 0) is 72.0 Å². The van der Waals surface area contributed by atoms with E-state index >= 15 is 0 Å². The molecule has 0 aliphatic carbocycles. The van der Waals surface area contributed by atoms with E-state index in [9.17, 15) is 4.79 Å². The van der Waals surface area contributed by atoms with Gasteiger partial charge in [0.2, 0.25) is 11.1 Å². The van der Waals surface area contributed by atoms with E-state index in [1.807, 2.05) is 29.2 Å². The first-order valence-electron chi connectivity index (χ1n) is 11.3. The predicted molar refractivity (Wildman–Crippen MR) is 125 cm³/mol. The Kier molecular flexibility index (Phi) is 6.22. The van der Waals surface area contributed by atoms with Crippen LogP contribution in [0.4, 0.5) is 0 Å². The number of tetrazole rings is 1. The molecule has 2 aliphatic rings.